The van der Waals surface area contributed by atoms with Crippen molar-refractivity contribution in [3.05, 3.63) is 64.4 Å². The fourth-order valence-corrected chi connectivity index (χ4v) is 3.06. The van der Waals surface area contributed by atoms with Gasteiger partial charge in [-0.15, -0.1) is 0 Å². The molecule has 1 aromatic carbocycles. The van der Waals surface area contributed by atoms with Gasteiger partial charge in [0.05, 0.1) is 5.69 Å². The van der Waals surface area contributed by atoms with Crippen molar-refractivity contribution in [3.8, 4) is 0 Å². The number of hydrogen-bond acceptors (Lipinski definition) is 3. The SMILES string of the molecule is Cc1cccnc1CN1CCN(Cc2ccccc2Cl)CC1. The first-order valence-electron chi connectivity index (χ1n) is 7.81. The number of piperazine rings is 1. The minimum absolute atomic E-state index is 0.869. The van der Waals surface area contributed by atoms with Gasteiger partial charge in [-0.25, -0.2) is 0 Å². The van der Waals surface area contributed by atoms with Crippen molar-refractivity contribution in [3.63, 3.8) is 0 Å². The van der Waals surface area contributed by atoms with E-state index >= 15 is 0 Å². The molecule has 116 valence electrons. The molecule has 0 N–H and O–H groups in total. The number of hydrogen-bond donors (Lipinski definition) is 0. The lowest BCUT2D eigenvalue weighted by Crippen LogP contribution is -2.45. The highest BCUT2D eigenvalue weighted by atomic mass is 35.5. The van der Waals surface area contributed by atoms with Crippen molar-refractivity contribution >= 4 is 11.6 Å². The molecule has 1 aliphatic rings. The van der Waals surface area contributed by atoms with Gasteiger partial charge in [-0.2, -0.15) is 0 Å². The van der Waals surface area contributed by atoms with Gasteiger partial charge in [0.15, 0.2) is 0 Å². The van der Waals surface area contributed by atoms with Crippen molar-refractivity contribution in [2.75, 3.05) is 26.2 Å². The van der Waals surface area contributed by atoms with E-state index in [0.29, 0.717) is 0 Å². The standard InChI is InChI=1S/C18H22ClN3/c1-15-5-4-8-20-18(15)14-22-11-9-21(10-12-22)13-16-6-2-3-7-17(16)19/h2-8H,9-14H2,1H3. The quantitative estimate of drug-likeness (QED) is 0.862. The molecule has 1 aliphatic heterocycles. The highest BCUT2D eigenvalue weighted by Crippen LogP contribution is 2.18. The van der Waals surface area contributed by atoms with Crippen molar-refractivity contribution in [2.45, 2.75) is 20.0 Å². The first kappa shape index (κ1) is 15.5. The van der Waals surface area contributed by atoms with Crippen LogP contribution in [-0.4, -0.2) is 41.0 Å². The molecule has 0 radical (unpaired) electrons. The fourth-order valence-electron chi connectivity index (χ4n) is 2.87. The maximum atomic E-state index is 6.25. The van der Waals surface area contributed by atoms with E-state index in [4.69, 9.17) is 11.6 Å². The van der Waals surface area contributed by atoms with Crippen LogP contribution in [0.25, 0.3) is 0 Å². The molecule has 3 rings (SSSR count). The Bertz CT molecular complexity index is 566. The predicted octanol–water partition coefficient (Wildman–Crippen LogP) is 3.36. The third kappa shape index (κ3) is 3.86. The van der Waals surface area contributed by atoms with Gasteiger partial charge in [-0.05, 0) is 30.2 Å². The Labute approximate surface area is 137 Å². The molecule has 4 heteroatoms. The van der Waals surface area contributed by atoms with Gasteiger partial charge in [0, 0.05) is 50.5 Å². The second kappa shape index (κ2) is 7.23. The molecule has 1 aromatic heterocycles. The van der Waals surface area contributed by atoms with Gasteiger partial charge in [0.1, 0.15) is 0 Å². The molecular weight excluding hydrogens is 294 g/mol. The summed E-state index contributed by atoms with van der Waals surface area (Å²) in [6.07, 6.45) is 1.88. The maximum Gasteiger partial charge on any atom is 0.0573 e. The summed E-state index contributed by atoms with van der Waals surface area (Å²) in [6.45, 7) is 8.36. The van der Waals surface area contributed by atoms with Crippen molar-refractivity contribution < 1.29 is 0 Å². The molecule has 3 nitrogen and oxygen atoms in total. The molecule has 0 spiro atoms. The topological polar surface area (TPSA) is 19.4 Å². The Balaban J connectivity index is 1.52. The summed E-state index contributed by atoms with van der Waals surface area (Å²) in [4.78, 5) is 9.46. The third-order valence-corrected chi connectivity index (χ3v) is 4.68. The number of pyridine rings is 1. The molecule has 0 amide bonds. The second-order valence-electron chi connectivity index (χ2n) is 5.91. The number of benzene rings is 1. The van der Waals surface area contributed by atoms with Gasteiger partial charge in [-0.1, -0.05) is 35.9 Å². The van der Waals surface area contributed by atoms with E-state index in [1.807, 2.05) is 24.4 Å². The van der Waals surface area contributed by atoms with Crippen molar-refractivity contribution in [1.29, 1.82) is 0 Å². The molecule has 1 fully saturated rings. The van der Waals surface area contributed by atoms with Crippen LogP contribution in [0, 0.1) is 6.92 Å². The molecule has 0 atom stereocenters. The normalized spacial score (nSPS) is 16.8. The lowest BCUT2D eigenvalue weighted by molar-refractivity contribution is 0.121. The van der Waals surface area contributed by atoms with Crippen molar-refractivity contribution in [2.24, 2.45) is 0 Å². The highest BCUT2D eigenvalue weighted by molar-refractivity contribution is 6.31. The van der Waals surface area contributed by atoms with Gasteiger partial charge < -0.3 is 0 Å². The van der Waals surface area contributed by atoms with E-state index in [1.165, 1.54) is 16.8 Å². The zero-order chi connectivity index (χ0) is 15.4. The molecule has 2 heterocycles. The Kier molecular flexibility index (Phi) is 5.08. The zero-order valence-electron chi connectivity index (χ0n) is 13.0. The Morgan fingerprint density at radius 3 is 2.32 bits per heavy atom. The van der Waals surface area contributed by atoms with Crippen LogP contribution in [0.1, 0.15) is 16.8 Å². The van der Waals surface area contributed by atoms with E-state index in [1.54, 1.807) is 0 Å². The minimum atomic E-state index is 0.869. The maximum absolute atomic E-state index is 6.25. The lowest BCUT2D eigenvalue weighted by Gasteiger charge is -2.34. The van der Waals surface area contributed by atoms with Crippen LogP contribution in [-0.2, 0) is 13.1 Å². The predicted molar refractivity (Wildman–Crippen MR) is 91.0 cm³/mol. The van der Waals surface area contributed by atoms with E-state index < -0.39 is 0 Å². The molecule has 22 heavy (non-hydrogen) atoms. The Hall–Kier alpha value is -1.42. The average Bonchev–Trinajstić information content (AvgIpc) is 2.54. The number of halogens is 1. The first-order valence-corrected chi connectivity index (χ1v) is 8.19. The van der Waals surface area contributed by atoms with Crippen LogP contribution >= 0.6 is 11.6 Å². The molecule has 0 bridgehead atoms. The van der Waals surface area contributed by atoms with Crippen LogP contribution < -0.4 is 0 Å². The molecule has 1 saturated heterocycles. The van der Waals surface area contributed by atoms with Gasteiger partial charge in [0.2, 0.25) is 0 Å². The van der Waals surface area contributed by atoms with E-state index in [2.05, 4.69) is 39.9 Å². The lowest BCUT2D eigenvalue weighted by atomic mass is 10.1. The highest BCUT2D eigenvalue weighted by Gasteiger charge is 2.18. The van der Waals surface area contributed by atoms with E-state index in [0.717, 1.165) is 44.3 Å². The smallest absolute Gasteiger partial charge is 0.0573 e. The van der Waals surface area contributed by atoms with Crippen LogP contribution in [0.4, 0.5) is 0 Å². The molecule has 0 unspecified atom stereocenters. The summed E-state index contributed by atoms with van der Waals surface area (Å²) in [7, 11) is 0. The summed E-state index contributed by atoms with van der Waals surface area (Å²) in [5.41, 5.74) is 3.70. The van der Waals surface area contributed by atoms with Crippen LogP contribution in [0.2, 0.25) is 5.02 Å². The Morgan fingerprint density at radius 1 is 0.955 bits per heavy atom. The van der Waals surface area contributed by atoms with Crippen molar-refractivity contribution in [1.82, 2.24) is 14.8 Å². The number of rotatable bonds is 4. The number of nitrogens with zero attached hydrogens (tertiary/aromatic N) is 3. The Morgan fingerprint density at radius 2 is 1.64 bits per heavy atom. The zero-order valence-corrected chi connectivity index (χ0v) is 13.8. The summed E-state index contributed by atoms with van der Waals surface area (Å²) in [5, 5.41) is 0.869. The third-order valence-electron chi connectivity index (χ3n) is 4.31. The molecule has 2 aromatic rings. The largest absolute Gasteiger partial charge is 0.296 e. The van der Waals surface area contributed by atoms with E-state index in [-0.39, 0.29) is 0 Å². The summed E-state index contributed by atoms with van der Waals surface area (Å²) in [5.74, 6) is 0. The average molecular weight is 316 g/mol. The second-order valence-corrected chi connectivity index (χ2v) is 6.32. The minimum Gasteiger partial charge on any atom is -0.296 e. The number of aromatic nitrogens is 1. The molecule has 0 saturated carbocycles. The molecule has 0 aliphatic carbocycles. The number of aryl methyl sites for hydroxylation is 1. The fraction of sp³-hybridized carbons (Fsp3) is 0.389. The van der Waals surface area contributed by atoms with Crippen LogP contribution in [0.5, 0.6) is 0 Å². The summed E-state index contributed by atoms with van der Waals surface area (Å²) >= 11 is 6.25. The summed E-state index contributed by atoms with van der Waals surface area (Å²) in [6, 6.07) is 12.3. The van der Waals surface area contributed by atoms with Gasteiger partial charge in [-0.3, -0.25) is 14.8 Å². The first-order chi connectivity index (χ1) is 10.7. The monoisotopic (exact) mass is 315 g/mol. The van der Waals surface area contributed by atoms with E-state index in [9.17, 15) is 0 Å². The van der Waals surface area contributed by atoms with Crippen LogP contribution in [0.3, 0.4) is 0 Å². The molecular formula is C18H22ClN3. The van der Waals surface area contributed by atoms with Gasteiger partial charge in [0.25, 0.3) is 0 Å². The summed E-state index contributed by atoms with van der Waals surface area (Å²) < 4.78 is 0. The van der Waals surface area contributed by atoms with Crippen LogP contribution in [0.15, 0.2) is 42.6 Å². The van der Waals surface area contributed by atoms with Gasteiger partial charge >= 0.3 is 0 Å².